The molecule has 1 atom stereocenters. The Kier molecular flexibility index (Phi) is 7.11. The minimum atomic E-state index is -3.59. The molecule has 36 heavy (non-hydrogen) atoms. The third-order valence-corrected chi connectivity index (χ3v) is 6.64. The van der Waals surface area contributed by atoms with Crippen LogP contribution in [-0.2, 0) is 9.84 Å². The number of aromatic nitrogens is 3. The van der Waals surface area contributed by atoms with E-state index in [4.69, 9.17) is 4.74 Å². The molecule has 2 aromatic carbocycles. The smallest absolute Gasteiger partial charge is 0.387 e. The Hall–Kier alpha value is -3.73. The fourth-order valence-corrected chi connectivity index (χ4v) is 5.10. The van der Waals surface area contributed by atoms with E-state index in [-0.39, 0.29) is 23.8 Å². The fraction of sp³-hybridized carbons (Fsp3) is 0.280. The number of rotatable bonds is 9. The van der Waals surface area contributed by atoms with Crippen molar-refractivity contribution in [3.8, 4) is 22.6 Å². The quantitative estimate of drug-likeness (QED) is 0.354. The maximum Gasteiger partial charge on any atom is 0.387 e. The zero-order valence-corrected chi connectivity index (χ0v) is 20.7. The van der Waals surface area contributed by atoms with Gasteiger partial charge in [0.1, 0.15) is 9.84 Å². The predicted octanol–water partition coefficient (Wildman–Crippen LogP) is 4.33. The number of ether oxygens (including phenoxy) is 2. The number of H-pyrrole nitrogens is 1. The first kappa shape index (κ1) is 25.4. The highest BCUT2D eigenvalue weighted by atomic mass is 32.2. The van der Waals surface area contributed by atoms with Gasteiger partial charge in [0.05, 0.1) is 23.9 Å². The number of alkyl halides is 2. The van der Waals surface area contributed by atoms with Gasteiger partial charge in [-0.3, -0.25) is 4.57 Å². The molecule has 0 fully saturated rings. The molecule has 4 rings (SSSR count). The first-order valence-electron chi connectivity index (χ1n) is 11.1. The zero-order chi connectivity index (χ0) is 26.0. The molecule has 190 valence electrons. The molecule has 2 aromatic heterocycles. The number of imidazole rings is 1. The Bertz CT molecular complexity index is 1550. The van der Waals surface area contributed by atoms with Gasteiger partial charge in [-0.2, -0.15) is 8.78 Å². The summed E-state index contributed by atoms with van der Waals surface area (Å²) in [4.78, 5) is 20.5. The molecule has 0 saturated heterocycles. The van der Waals surface area contributed by atoms with E-state index < -0.39 is 33.9 Å². The number of pyridine rings is 1. The second-order valence-electron chi connectivity index (χ2n) is 8.29. The number of benzene rings is 2. The molecule has 8 nitrogen and oxygen atoms in total. The van der Waals surface area contributed by atoms with E-state index in [1.54, 1.807) is 13.1 Å². The summed E-state index contributed by atoms with van der Waals surface area (Å²) in [5.74, 6) is -0.611. The highest BCUT2D eigenvalue weighted by molar-refractivity contribution is 7.90. The average molecular weight is 518 g/mol. The van der Waals surface area contributed by atoms with Crippen LogP contribution in [0.1, 0.15) is 24.1 Å². The van der Waals surface area contributed by atoms with Crippen LogP contribution in [0.15, 0.2) is 59.5 Å². The molecular formula is C25H25F2N3O5S. The molecule has 2 heterocycles. The van der Waals surface area contributed by atoms with E-state index in [2.05, 4.69) is 14.7 Å². The number of nitrogens with zero attached hydrogens (tertiary/aromatic N) is 2. The molecule has 11 heteroatoms. The summed E-state index contributed by atoms with van der Waals surface area (Å²) in [5, 5.41) is 0. The van der Waals surface area contributed by atoms with E-state index in [1.807, 2.05) is 37.3 Å². The minimum absolute atomic E-state index is 0.0113. The molecule has 0 spiro atoms. The van der Waals surface area contributed by atoms with Crippen LogP contribution < -0.4 is 15.2 Å². The van der Waals surface area contributed by atoms with Crippen molar-refractivity contribution in [2.24, 2.45) is 0 Å². The van der Waals surface area contributed by atoms with E-state index in [9.17, 15) is 22.0 Å². The van der Waals surface area contributed by atoms with E-state index in [0.717, 1.165) is 22.9 Å². The topological polar surface area (TPSA) is 103 Å². The maximum atomic E-state index is 13.2. The van der Waals surface area contributed by atoms with E-state index in [0.29, 0.717) is 11.1 Å². The molecule has 0 bridgehead atoms. The van der Waals surface area contributed by atoms with Crippen molar-refractivity contribution >= 4 is 21.0 Å². The SMILES string of the molecule is CCOc1cc([C@H](CS(C)(=O)=O)n2c(=O)[nH]c3c(C)c(-c4ccccc4)cnc32)ccc1OC(F)F. The lowest BCUT2D eigenvalue weighted by Crippen LogP contribution is -2.28. The molecule has 0 unspecified atom stereocenters. The Morgan fingerprint density at radius 3 is 2.47 bits per heavy atom. The number of fused-ring (bicyclic) bond motifs is 1. The Labute approximate surface area is 206 Å². The van der Waals surface area contributed by atoms with Gasteiger partial charge in [0.15, 0.2) is 17.1 Å². The van der Waals surface area contributed by atoms with Crippen LogP contribution in [0.5, 0.6) is 11.5 Å². The predicted molar refractivity (Wildman–Crippen MR) is 133 cm³/mol. The van der Waals surface area contributed by atoms with Crippen molar-refractivity contribution in [2.75, 3.05) is 18.6 Å². The van der Waals surface area contributed by atoms with E-state index in [1.165, 1.54) is 22.8 Å². The second kappa shape index (κ2) is 10.1. The molecule has 0 aliphatic heterocycles. The van der Waals surface area contributed by atoms with Gasteiger partial charge in [-0.05, 0) is 42.7 Å². The van der Waals surface area contributed by atoms with Gasteiger partial charge in [0.25, 0.3) is 0 Å². The standard InChI is InChI=1S/C25H25F2N3O5S/c1-4-34-21-12-17(10-11-20(21)35-24(26)27)19(14-36(3,32)33)30-23-22(29-25(30)31)15(2)18(13-28-23)16-8-6-5-7-9-16/h5-13,19,24H,4,14H2,1-3H3,(H,29,31)/t19-/m0/s1. The average Bonchev–Trinajstić information content (AvgIpc) is 3.15. The molecule has 0 aliphatic carbocycles. The minimum Gasteiger partial charge on any atom is -0.490 e. The summed E-state index contributed by atoms with van der Waals surface area (Å²) in [5.41, 5.74) is 3.07. The lowest BCUT2D eigenvalue weighted by molar-refractivity contribution is -0.0514. The van der Waals surface area contributed by atoms with Crippen molar-refractivity contribution in [1.82, 2.24) is 14.5 Å². The maximum absolute atomic E-state index is 13.2. The van der Waals surface area contributed by atoms with Gasteiger partial charge in [-0.15, -0.1) is 0 Å². The van der Waals surface area contributed by atoms with Crippen LogP contribution in [-0.4, -0.2) is 48.2 Å². The molecule has 4 aromatic rings. The van der Waals surface area contributed by atoms with Gasteiger partial charge in [-0.1, -0.05) is 36.4 Å². The number of sulfone groups is 1. The summed E-state index contributed by atoms with van der Waals surface area (Å²) < 4.78 is 61.7. The first-order valence-corrected chi connectivity index (χ1v) is 13.2. The summed E-state index contributed by atoms with van der Waals surface area (Å²) in [6, 6.07) is 12.7. The number of hydrogen-bond acceptors (Lipinski definition) is 6. The number of aromatic amines is 1. The van der Waals surface area contributed by atoms with Gasteiger partial charge in [0.2, 0.25) is 0 Å². The lowest BCUT2D eigenvalue weighted by Gasteiger charge is -2.20. The van der Waals surface area contributed by atoms with Gasteiger partial charge >= 0.3 is 12.3 Å². The van der Waals surface area contributed by atoms with Crippen LogP contribution in [0.4, 0.5) is 8.78 Å². The molecular weight excluding hydrogens is 492 g/mol. The molecule has 0 amide bonds. The van der Waals surface area contributed by atoms with Crippen LogP contribution in [0, 0.1) is 6.92 Å². The highest BCUT2D eigenvalue weighted by Gasteiger charge is 2.27. The van der Waals surface area contributed by atoms with Crippen LogP contribution in [0.2, 0.25) is 0 Å². The van der Waals surface area contributed by atoms with Crippen LogP contribution in [0.25, 0.3) is 22.3 Å². The number of nitrogens with one attached hydrogen (secondary N) is 1. The Balaban J connectivity index is 1.90. The number of aryl methyl sites for hydroxylation is 1. The third-order valence-electron chi connectivity index (χ3n) is 5.72. The summed E-state index contributed by atoms with van der Waals surface area (Å²) in [6.07, 6.45) is 2.70. The molecule has 0 aliphatic rings. The lowest BCUT2D eigenvalue weighted by atomic mass is 10.0. The van der Waals surface area contributed by atoms with Crippen molar-refractivity contribution in [2.45, 2.75) is 26.5 Å². The van der Waals surface area contributed by atoms with Crippen LogP contribution in [0.3, 0.4) is 0 Å². The van der Waals surface area contributed by atoms with Crippen molar-refractivity contribution in [3.05, 3.63) is 76.3 Å². The van der Waals surface area contributed by atoms with E-state index >= 15 is 0 Å². The van der Waals surface area contributed by atoms with Crippen LogP contribution >= 0.6 is 0 Å². The number of hydrogen-bond donors (Lipinski definition) is 1. The monoisotopic (exact) mass is 517 g/mol. The zero-order valence-electron chi connectivity index (χ0n) is 19.9. The normalized spacial score (nSPS) is 12.7. The highest BCUT2D eigenvalue weighted by Crippen LogP contribution is 2.34. The van der Waals surface area contributed by atoms with Gasteiger partial charge < -0.3 is 14.5 Å². The Morgan fingerprint density at radius 2 is 1.83 bits per heavy atom. The van der Waals surface area contributed by atoms with Gasteiger partial charge in [-0.25, -0.2) is 18.2 Å². The summed E-state index contributed by atoms with van der Waals surface area (Å²) >= 11 is 0. The van der Waals surface area contributed by atoms with Crippen molar-refractivity contribution < 1.29 is 26.7 Å². The Morgan fingerprint density at radius 1 is 1.11 bits per heavy atom. The van der Waals surface area contributed by atoms with Gasteiger partial charge in [0, 0.05) is 18.0 Å². The first-order chi connectivity index (χ1) is 17.1. The van der Waals surface area contributed by atoms with Crippen molar-refractivity contribution in [1.29, 1.82) is 0 Å². The second-order valence-corrected chi connectivity index (χ2v) is 10.5. The molecule has 1 N–H and O–H groups in total. The number of halogens is 2. The summed E-state index contributed by atoms with van der Waals surface area (Å²) in [7, 11) is -3.59. The summed E-state index contributed by atoms with van der Waals surface area (Å²) in [6.45, 7) is 0.621. The molecule has 0 radical (unpaired) electrons. The van der Waals surface area contributed by atoms with Crippen molar-refractivity contribution in [3.63, 3.8) is 0 Å². The third kappa shape index (κ3) is 5.25. The largest absolute Gasteiger partial charge is 0.490 e. The molecule has 0 saturated carbocycles. The fourth-order valence-electron chi connectivity index (χ4n) is 4.18.